The van der Waals surface area contributed by atoms with Gasteiger partial charge in [0.25, 0.3) is 0 Å². The Balaban J connectivity index is 1.28. The quantitative estimate of drug-likeness (QED) is 0.808. The molecule has 2 aliphatic rings. The molecular weight excluding hydrogens is 344 g/mol. The third kappa shape index (κ3) is 3.91. The van der Waals surface area contributed by atoms with Crippen molar-refractivity contribution in [1.82, 2.24) is 15.0 Å². The first-order chi connectivity index (χ1) is 13.1. The van der Waals surface area contributed by atoms with Crippen molar-refractivity contribution in [2.24, 2.45) is 5.92 Å². The topological polar surface area (TPSA) is 105 Å². The Morgan fingerprint density at radius 1 is 1.04 bits per heavy atom. The van der Waals surface area contributed by atoms with E-state index in [9.17, 15) is 9.59 Å². The van der Waals surface area contributed by atoms with E-state index in [0.717, 1.165) is 57.3 Å². The molecule has 0 spiro atoms. The average molecular weight is 370 g/mol. The summed E-state index contributed by atoms with van der Waals surface area (Å²) in [4.78, 5) is 28.7. The monoisotopic (exact) mass is 370 g/mol. The summed E-state index contributed by atoms with van der Waals surface area (Å²) in [5, 5.41) is 3.80. The van der Waals surface area contributed by atoms with Gasteiger partial charge in [0.05, 0.1) is 0 Å². The van der Waals surface area contributed by atoms with Gasteiger partial charge in [0.2, 0.25) is 5.91 Å². The van der Waals surface area contributed by atoms with Crippen molar-refractivity contribution in [2.75, 3.05) is 18.8 Å². The van der Waals surface area contributed by atoms with Gasteiger partial charge in [-0.05, 0) is 62.1 Å². The van der Waals surface area contributed by atoms with Crippen molar-refractivity contribution in [3.63, 3.8) is 0 Å². The Hall–Kier alpha value is -2.57. The van der Waals surface area contributed by atoms with Crippen LogP contribution in [0.25, 0.3) is 0 Å². The van der Waals surface area contributed by atoms with Crippen molar-refractivity contribution >= 4 is 11.6 Å². The Morgan fingerprint density at radius 2 is 1.70 bits per heavy atom. The van der Waals surface area contributed by atoms with Crippen LogP contribution >= 0.6 is 0 Å². The number of nitrogens with one attached hydrogen (secondary N) is 1. The van der Waals surface area contributed by atoms with Crippen molar-refractivity contribution in [2.45, 2.75) is 50.4 Å². The number of likely N-dealkylation sites (tertiary alicyclic amines) is 1. The Morgan fingerprint density at radius 3 is 2.30 bits per heavy atom. The molecule has 1 saturated carbocycles. The second-order valence-corrected chi connectivity index (χ2v) is 7.80. The number of aromatic amines is 1. The number of nitrogens with zero attached hydrogens (tertiary/aromatic N) is 2. The lowest BCUT2D eigenvalue weighted by Gasteiger charge is -2.36. The number of carbonyl (C=O) groups excluding carboxylic acids is 1. The van der Waals surface area contributed by atoms with Gasteiger partial charge < -0.3 is 10.6 Å². The van der Waals surface area contributed by atoms with E-state index >= 15 is 0 Å². The summed E-state index contributed by atoms with van der Waals surface area (Å²) >= 11 is 0. The number of nitrogen functional groups attached to an aromatic ring is 1. The van der Waals surface area contributed by atoms with Crippen LogP contribution < -0.4 is 11.5 Å². The smallest absolute Gasteiger partial charge is 0.399 e. The first kappa shape index (κ1) is 17.8. The molecule has 1 saturated heterocycles. The zero-order chi connectivity index (χ0) is 18.8. The Kier molecular flexibility index (Phi) is 5.01. The molecule has 144 valence electrons. The second-order valence-electron chi connectivity index (χ2n) is 7.80. The van der Waals surface area contributed by atoms with E-state index in [1.165, 1.54) is 5.56 Å². The predicted octanol–water partition coefficient (Wildman–Crippen LogP) is 2.63. The Bertz CT molecular complexity index is 825. The summed E-state index contributed by atoms with van der Waals surface area (Å²) in [5.41, 5.74) is 7.88. The van der Waals surface area contributed by atoms with Crippen LogP contribution in [-0.4, -0.2) is 34.0 Å². The highest BCUT2D eigenvalue weighted by Gasteiger charge is 2.33. The molecule has 0 radical (unpaired) electrons. The molecule has 1 aromatic heterocycles. The van der Waals surface area contributed by atoms with Crippen LogP contribution in [0.3, 0.4) is 0 Å². The number of carbonyl (C=O) groups is 1. The second kappa shape index (κ2) is 7.58. The zero-order valence-corrected chi connectivity index (χ0v) is 15.4. The maximum Gasteiger partial charge on any atom is 0.438 e. The Labute approximate surface area is 157 Å². The molecule has 0 bridgehead atoms. The van der Waals surface area contributed by atoms with Crippen molar-refractivity contribution in [1.29, 1.82) is 0 Å². The highest BCUT2D eigenvalue weighted by Crippen LogP contribution is 2.36. The van der Waals surface area contributed by atoms with E-state index < -0.39 is 5.76 Å². The van der Waals surface area contributed by atoms with Crippen LogP contribution in [0.2, 0.25) is 0 Å². The van der Waals surface area contributed by atoms with Crippen LogP contribution in [0.5, 0.6) is 0 Å². The van der Waals surface area contributed by atoms with E-state index in [2.05, 4.69) is 26.8 Å². The lowest BCUT2D eigenvalue weighted by molar-refractivity contribution is -0.137. The molecule has 1 aliphatic heterocycles. The number of hydrogen-bond donors (Lipinski definition) is 2. The molecule has 2 heterocycles. The maximum atomic E-state index is 12.9. The summed E-state index contributed by atoms with van der Waals surface area (Å²) in [6.45, 7) is 1.65. The van der Waals surface area contributed by atoms with Crippen molar-refractivity contribution in [3.05, 3.63) is 46.2 Å². The number of piperidine rings is 1. The molecule has 1 amide bonds. The van der Waals surface area contributed by atoms with E-state index in [1.54, 1.807) is 0 Å². The molecule has 7 nitrogen and oxygen atoms in total. The van der Waals surface area contributed by atoms with Gasteiger partial charge in [0.15, 0.2) is 5.82 Å². The minimum absolute atomic E-state index is 0.0907. The highest BCUT2D eigenvalue weighted by molar-refractivity contribution is 5.79. The zero-order valence-electron chi connectivity index (χ0n) is 15.4. The van der Waals surface area contributed by atoms with Crippen molar-refractivity contribution < 1.29 is 9.32 Å². The SMILES string of the molecule is Nc1ccc(C2CCN(C(=O)C3CCC(c4noc(=O)[nH]4)CC3)CC2)cc1. The molecule has 1 aliphatic carbocycles. The largest absolute Gasteiger partial charge is 0.438 e. The number of H-pyrrole nitrogens is 1. The molecule has 0 unspecified atom stereocenters. The number of aromatic nitrogens is 2. The highest BCUT2D eigenvalue weighted by atomic mass is 16.5. The van der Waals surface area contributed by atoms with Crippen LogP contribution in [0.15, 0.2) is 33.6 Å². The standard InChI is InChI=1S/C20H26N4O3/c21-17-7-5-13(6-8-17)14-9-11-24(12-10-14)19(25)16-3-1-15(2-4-16)18-22-20(26)27-23-18/h5-8,14-16H,1-4,9-12,21H2,(H,22,23,26). The number of nitrogens with two attached hydrogens (primary N) is 1. The minimum atomic E-state index is -0.507. The molecule has 0 atom stereocenters. The first-order valence-corrected chi connectivity index (χ1v) is 9.80. The average Bonchev–Trinajstić information content (AvgIpc) is 3.15. The summed E-state index contributed by atoms with van der Waals surface area (Å²) < 4.78 is 4.60. The number of rotatable bonds is 3. The lowest BCUT2D eigenvalue weighted by atomic mass is 9.80. The lowest BCUT2D eigenvalue weighted by Crippen LogP contribution is -2.42. The van der Waals surface area contributed by atoms with Gasteiger partial charge >= 0.3 is 5.76 Å². The minimum Gasteiger partial charge on any atom is -0.399 e. The fraction of sp³-hybridized carbons (Fsp3) is 0.550. The van der Waals surface area contributed by atoms with Gasteiger partial charge in [0, 0.05) is 30.6 Å². The number of benzene rings is 1. The third-order valence-electron chi connectivity index (χ3n) is 6.13. The van der Waals surface area contributed by atoms with Crippen LogP contribution in [0, 0.1) is 5.92 Å². The molecule has 4 rings (SSSR count). The predicted molar refractivity (Wildman–Crippen MR) is 101 cm³/mol. The van der Waals surface area contributed by atoms with Gasteiger partial charge in [-0.2, -0.15) is 0 Å². The van der Waals surface area contributed by atoms with E-state index in [1.807, 2.05) is 17.0 Å². The van der Waals surface area contributed by atoms with Gasteiger partial charge in [-0.25, -0.2) is 4.79 Å². The normalized spacial score (nSPS) is 24.1. The number of amides is 1. The van der Waals surface area contributed by atoms with Gasteiger partial charge in [-0.15, -0.1) is 0 Å². The fourth-order valence-corrected chi connectivity index (χ4v) is 4.49. The van der Waals surface area contributed by atoms with Gasteiger partial charge in [-0.3, -0.25) is 14.3 Å². The van der Waals surface area contributed by atoms with E-state index in [0.29, 0.717) is 11.7 Å². The first-order valence-electron chi connectivity index (χ1n) is 9.80. The summed E-state index contributed by atoms with van der Waals surface area (Å²) in [6.07, 6.45) is 5.42. The molecule has 2 aromatic rings. The van der Waals surface area contributed by atoms with Gasteiger partial charge in [0.1, 0.15) is 0 Å². The van der Waals surface area contributed by atoms with Crippen molar-refractivity contribution in [3.8, 4) is 0 Å². The molecule has 2 fully saturated rings. The molecule has 1 aromatic carbocycles. The third-order valence-corrected chi connectivity index (χ3v) is 6.13. The van der Waals surface area contributed by atoms with E-state index in [-0.39, 0.29) is 17.7 Å². The fourth-order valence-electron chi connectivity index (χ4n) is 4.49. The summed E-state index contributed by atoms with van der Waals surface area (Å²) in [6, 6.07) is 8.11. The molecule has 3 N–H and O–H groups in total. The summed E-state index contributed by atoms with van der Waals surface area (Å²) in [5.74, 6) is 1.19. The van der Waals surface area contributed by atoms with Crippen LogP contribution in [0.1, 0.15) is 61.7 Å². The maximum absolute atomic E-state index is 12.9. The molecule has 7 heteroatoms. The molecule has 27 heavy (non-hydrogen) atoms. The van der Waals surface area contributed by atoms with Crippen LogP contribution in [-0.2, 0) is 4.79 Å². The number of anilines is 1. The van der Waals surface area contributed by atoms with Gasteiger partial charge in [-0.1, -0.05) is 17.3 Å². The van der Waals surface area contributed by atoms with Crippen LogP contribution in [0.4, 0.5) is 5.69 Å². The molecular formula is C20H26N4O3. The van der Waals surface area contributed by atoms with E-state index in [4.69, 9.17) is 5.73 Å². The summed E-state index contributed by atoms with van der Waals surface area (Å²) in [7, 11) is 0. The number of hydrogen-bond acceptors (Lipinski definition) is 5.